The highest BCUT2D eigenvalue weighted by Crippen LogP contribution is 2.31. The number of thiophene rings is 1. The Morgan fingerprint density at radius 2 is 1.54 bits per heavy atom. The standard InChI is InChI=1S/C27H30N2O5S/c1-17(30)28-24-16-21(23(35-24)15-19-6-10-20(11-7-19)25(31)32)12-5-18-8-13-22(14-9-18)29-26(33)34-27(2,3)4/h6-11,13-14,16H,5,12,15H2,1-4H3,(H,28,30)(H,29,33)(H,31,32). The van der Waals surface area contributed by atoms with E-state index in [1.54, 1.807) is 12.1 Å². The van der Waals surface area contributed by atoms with Crippen molar-refractivity contribution >= 4 is 40.0 Å². The molecule has 1 aromatic heterocycles. The normalized spacial score (nSPS) is 11.1. The van der Waals surface area contributed by atoms with Gasteiger partial charge in [0.15, 0.2) is 0 Å². The van der Waals surface area contributed by atoms with Gasteiger partial charge in [-0.1, -0.05) is 24.3 Å². The third-order valence-electron chi connectivity index (χ3n) is 5.04. The van der Waals surface area contributed by atoms with Crippen LogP contribution in [0.2, 0.25) is 0 Å². The van der Waals surface area contributed by atoms with Crippen LogP contribution in [0.5, 0.6) is 0 Å². The van der Waals surface area contributed by atoms with Crippen LogP contribution in [0.4, 0.5) is 15.5 Å². The number of carbonyl (C=O) groups is 3. The van der Waals surface area contributed by atoms with Crippen molar-refractivity contribution in [3.8, 4) is 0 Å². The lowest BCUT2D eigenvalue weighted by Gasteiger charge is -2.19. The quantitative estimate of drug-likeness (QED) is 0.349. The van der Waals surface area contributed by atoms with E-state index in [4.69, 9.17) is 9.84 Å². The van der Waals surface area contributed by atoms with E-state index in [0.717, 1.165) is 39.4 Å². The Bertz CT molecular complexity index is 1190. The Morgan fingerprint density at radius 1 is 0.914 bits per heavy atom. The molecule has 0 aliphatic carbocycles. The average molecular weight is 495 g/mol. The number of carboxylic acids is 1. The minimum Gasteiger partial charge on any atom is -0.478 e. The van der Waals surface area contributed by atoms with Gasteiger partial charge in [0.2, 0.25) is 5.91 Å². The average Bonchev–Trinajstić information content (AvgIpc) is 3.12. The smallest absolute Gasteiger partial charge is 0.412 e. The van der Waals surface area contributed by atoms with E-state index in [9.17, 15) is 14.4 Å². The Balaban J connectivity index is 1.68. The molecule has 0 saturated carbocycles. The predicted molar refractivity (Wildman–Crippen MR) is 139 cm³/mol. The topological polar surface area (TPSA) is 105 Å². The fourth-order valence-electron chi connectivity index (χ4n) is 3.47. The van der Waals surface area contributed by atoms with Crippen molar-refractivity contribution in [2.75, 3.05) is 10.6 Å². The molecule has 2 aromatic carbocycles. The van der Waals surface area contributed by atoms with Gasteiger partial charge in [-0.3, -0.25) is 10.1 Å². The molecule has 0 spiro atoms. The number of aromatic carboxylic acids is 1. The van der Waals surface area contributed by atoms with Crippen molar-refractivity contribution in [2.45, 2.75) is 52.6 Å². The first-order valence-corrected chi connectivity index (χ1v) is 12.1. The van der Waals surface area contributed by atoms with Gasteiger partial charge in [-0.05, 0) is 80.6 Å². The number of benzene rings is 2. The zero-order chi connectivity index (χ0) is 25.6. The minimum absolute atomic E-state index is 0.122. The van der Waals surface area contributed by atoms with Gasteiger partial charge in [-0.2, -0.15) is 0 Å². The number of rotatable bonds is 8. The number of anilines is 2. The Labute approximate surface area is 209 Å². The van der Waals surface area contributed by atoms with Gasteiger partial charge in [0.25, 0.3) is 0 Å². The van der Waals surface area contributed by atoms with Crippen LogP contribution >= 0.6 is 11.3 Å². The van der Waals surface area contributed by atoms with Crippen molar-refractivity contribution in [3.05, 3.63) is 81.7 Å². The molecule has 0 radical (unpaired) electrons. The molecule has 35 heavy (non-hydrogen) atoms. The monoisotopic (exact) mass is 494 g/mol. The van der Waals surface area contributed by atoms with E-state index < -0.39 is 17.7 Å². The molecule has 0 atom stereocenters. The number of carbonyl (C=O) groups excluding carboxylic acids is 2. The number of amides is 2. The van der Waals surface area contributed by atoms with E-state index >= 15 is 0 Å². The highest BCUT2D eigenvalue weighted by atomic mass is 32.1. The van der Waals surface area contributed by atoms with E-state index in [1.165, 1.54) is 18.3 Å². The van der Waals surface area contributed by atoms with Crippen LogP contribution in [0.15, 0.2) is 54.6 Å². The maximum atomic E-state index is 12.0. The first kappa shape index (κ1) is 26.0. The van der Waals surface area contributed by atoms with Crippen LogP contribution in [0.25, 0.3) is 0 Å². The Hall–Kier alpha value is -3.65. The summed E-state index contributed by atoms with van der Waals surface area (Å²) in [6.45, 7) is 6.93. The number of nitrogens with one attached hydrogen (secondary N) is 2. The molecular weight excluding hydrogens is 464 g/mol. The lowest BCUT2D eigenvalue weighted by Crippen LogP contribution is -2.27. The third kappa shape index (κ3) is 8.26. The van der Waals surface area contributed by atoms with Gasteiger partial charge in [0, 0.05) is 23.9 Å². The lowest BCUT2D eigenvalue weighted by atomic mass is 10.0. The highest BCUT2D eigenvalue weighted by Gasteiger charge is 2.16. The predicted octanol–water partition coefficient (Wildman–Crippen LogP) is 6.13. The Kier molecular flexibility index (Phi) is 8.30. The maximum absolute atomic E-state index is 12.0. The van der Waals surface area contributed by atoms with E-state index in [1.807, 2.05) is 63.2 Å². The summed E-state index contributed by atoms with van der Waals surface area (Å²) in [7, 11) is 0. The van der Waals surface area contributed by atoms with Gasteiger partial charge in [0.05, 0.1) is 10.6 Å². The molecule has 7 nitrogen and oxygen atoms in total. The van der Waals surface area contributed by atoms with Crippen molar-refractivity contribution in [1.29, 1.82) is 0 Å². The van der Waals surface area contributed by atoms with Crippen LogP contribution in [0.3, 0.4) is 0 Å². The summed E-state index contributed by atoms with van der Waals surface area (Å²) < 4.78 is 5.28. The first-order chi connectivity index (χ1) is 16.5. The van der Waals surface area contributed by atoms with Crippen LogP contribution in [0.1, 0.15) is 59.6 Å². The summed E-state index contributed by atoms with van der Waals surface area (Å²) in [6, 6.07) is 16.5. The Morgan fingerprint density at radius 3 is 2.11 bits per heavy atom. The zero-order valence-electron chi connectivity index (χ0n) is 20.3. The number of hydrogen-bond donors (Lipinski definition) is 3. The summed E-state index contributed by atoms with van der Waals surface area (Å²) in [5.41, 5.74) is 3.61. The molecule has 1 heterocycles. The number of aryl methyl sites for hydroxylation is 2. The van der Waals surface area contributed by atoms with E-state index in [-0.39, 0.29) is 11.5 Å². The number of hydrogen-bond acceptors (Lipinski definition) is 5. The molecule has 2 amide bonds. The number of carboxylic acid groups (broad SMARTS) is 1. The largest absolute Gasteiger partial charge is 0.478 e. The maximum Gasteiger partial charge on any atom is 0.412 e. The fraction of sp³-hybridized carbons (Fsp3) is 0.296. The molecule has 3 rings (SSSR count). The molecule has 0 bridgehead atoms. The number of ether oxygens (including phenoxy) is 1. The van der Waals surface area contributed by atoms with Crippen LogP contribution in [-0.4, -0.2) is 28.7 Å². The second-order valence-electron chi connectivity index (χ2n) is 9.24. The SMILES string of the molecule is CC(=O)Nc1cc(CCc2ccc(NC(=O)OC(C)(C)C)cc2)c(Cc2ccc(C(=O)O)cc2)s1. The summed E-state index contributed by atoms with van der Waals surface area (Å²) in [5.74, 6) is -1.07. The highest BCUT2D eigenvalue weighted by molar-refractivity contribution is 7.16. The fourth-order valence-corrected chi connectivity index (χ4v) is 4.66. The van der Waals surface area contributed by atoms with Crippen molar-refractivity contribution < 1.29 is 24.2 Å². The molecular formula is C27H30N2O5S. The van der Waals surface area contributed by atoms with E-state index in [2.05, 4.69) is 10.6 Å². The van der Waals surface area contributed by atoms with E-state index in [0.29, 0.717) is 12.1 Å². The second kappa shape index (κ2) is 11.2. The van der Waals surface area contributed by atoms with Crippen LogP contribution in [0, 0.1) is 0 Å². The summed E-state index contributed by atoms with van der Waals surface area (Å²) in [4.78, 5) is 35.7. The van der Waals surface area contributed by atoms with Gasteiger partial charge < -0.3 is 15.2 Å². The molecule has 0 aliphatic heterocycles. The summed E-state index contributed by atoms with van der Waals surface area (Å²) in [6.07, 6.45) is 1.72. The summed E-state index contributed by atoms with van der Waals surface area (Å²) in [5, 5.41) is 15.5. The van der Waals surface area contributed by atoms with Crippen molar-refractivity contribution in [2.24, 2.45) is 0 Å². The van der Waals surface area contributed by atoms with Crippen LogP contribution < -0.4 is 10.6 Å². The molecule has 184 valence electrons. The molecule has 3 N–H and O–H groups in total. The molecule has 0 aliphatic rings. The first-order valence-electron chi connectivity index (χ1n) is 11.3. The van der Waals surface area contributed by atoms with Gasteiger partial charge >= 0.3 is 12.1 Å². The molecule has 0 unspecified atom stereocenters. The summed E-state index contributed by atoms with van der Waals surface area (Å²) >= 11 is 1.53. The van der Waals surface area contributed by atoms with Crippen LogP contribution in [-0.2, 0) is 28.8 Å². The van der Waals surface area contributed by atoms with Gasteiger partial charge in [-0.25, -0.2) is 9.59 Å². The molecule has 0 fully saturated rings. The second-order valence-corrected chi connectivity index (χ2v) is 10.4. The third-order valence-corrected chi connectivity index (χ3v) is 6.14. The zero-order valence-corrected chi connectivity index (χ0v) is 21.1. The van der Waals surface area contributed by atoms with Crippen molar-refractivity contribution in [3.63, 3.8) is 0 Å². The molecule has 8 heteroatoms. The lowest BCUT2D eigenvalue weighted by molar-refractivity contribution is -0.114. The van der Waals surface area contributed by atoms with Gasteiger partial charge in [0.1, 0.15) is 5.60 Å². The van der Waals surface area contributed by atoms with Crippen molar-refractivity contribution in [1.82, 2.24) is 0 Å². The molecule has 0 saturated heterocycles. The molecule has 3 aromatic rings. The minimum atomic E-state index is -0.950. The van der Waals surface area contributed by atoms with Gasteiger partial charge in [-0.15, -0.1) is 11.3 Å².